The van der Waals surface area contributed by atoms with E-state index in [9.17, 15) is 5.26 Å². The fraction of sp³-hybridized carbons (Fsp3) is 0.125. The molecular formula is C16H11ClN4S. The fourth-order valence-electron chi connectivity index (χ4n) is 2.11. The van der Waals surface area contributed by atoms with Crippen molar-refractivity contribution in [3.63, 3.8) is 0 Å². The van der Waals surface area contributed by atoms with Crippen molar-refractivity contribution in [2.45, 2.75) is 12.8 Å². The molecule has 0 aliphatic rings. The van der Waals surface area contributed by atoms with Crippen LogP contribution in [0.5, 0.6) is 0 Å². The average molecular weight is 327 g/mol. The van der Waals surface area contributed by atoms with Crippen LogP contribution in [0.3, 0.4) is 0 Å². The Kier molecular flexibility index (Phi) is 4.14. The maximum atomic E-state index is 9.51. The minimum Gasteiger partial charge on any atom is -0.239 e. The van der Waals surface area contributed by atoms with Crippen LogP contribution in [-0.4, -0.2) is 15.0 Å². The van der Waals surface area contributed by atoms with Crippen LogP contribution < -0.4 is 0 Å². The summed E-state index contributed by atoms with van der Waals surface area (Å²) in [4.78, 5) is 12.8. The van der Waals surface area contributed by atoms with Crippen molar-refractivity contribution < 1.29 is 0 Å². The lowest BCUT2D eigenvalue weighted by Crippen LogP contribution is -2.03. The number of benzene rings is 1. The topological polar surface area (TPSA) is 62.5 Å². The number of thiazole rings is 1. The fourth-order valence-corrected chi connectivity index (χ4v) is 3.23. The van der Waals surface area contributed by atoms with Gasteiger partial charge in [-0.15, -0.1) is 11.3 Å². The third-order valence-corrected chi connectivity index (χ3v) is 4.19. The van der Waals surface area contributed by atoms with Crippen LogP contribution in [0.4, 0.5) is 0 Å². The quantitative estimate of drug-likeness (QED) is 0.676. The van der Waals surface area contributed by atoms with Gasteiger partial charge in [0.2, 0.25) is 5.28 Å². The van der Waals surface area contributed by atoms with Gasteiger partial charge in [0, 0.05) is 16.6 Å². The summed E-state index contributed by atoms with van der Waals surface area (Å²) in [5.74, 6) is -0.540. The summed E-state index contributed by atoms with van der Waals surface area (Å²) in [6.07, 6.45) is 0. The molecule has 22 heavy (non-hydrogen) atoms. The van der Waals surface area contributed by atoms with Gasteiger partial charge in [-0.1, -0.05) is 30.3 Å². The third-order valence-electron chi connectivity index (χ3n) is 3.11. The Balaban J connectivity index is 1.99. The van der Waals surface area contributed by atoms with Gasteiger partial charge in [-0.25, -0.2) is 15.0 Å². The molecule has 0 saturated carbocycles. The Bertz CT molecular complexity index is 819. The Morgan fingerprint density at radius 1 is 1.18 bits per heavy atom. The number of nitriles is 1. The first kappa shape index (κ1) is 14.6. The Morgan fingerprint density at radius 3 is 2.64 bits per heavy atom. The molecule has 0 spiro atoms. The number of nitrogens with zero attached hydrogens (tertiary/aromatic N) is 4. The highest BCUT2D eigenvalue weighted by atomic mass is 35.5. The summed E-state index contributed by atoms with van der Waals surface area (Å²) < 4.78 is 0. The van der Waals surface area contributed by atoms with E-state index in [1.807, 2.05) is 42.6 Å². The molecule has 2 heterocycles. The van der Waals surface area contributed by atoms with Gasteiger partial charge in [-0.05, 0) is 24.6 Å². The van der Waals surface area contributed by atoms with Crippen LogP contribution in [0.1, 0.15) is 22.3 Å². The molecule has 0 radical (unpaired) electrons. The molecule has 2 aromatic heterocycles. The van der Waals surface area contributed by atoms with Gasteiger partial charge in [0.1, 0.15) is 10.9 Å². The van der Waals surface area contributed by atoms with E-state index in [0.29, 0.717) is 10.7 Å². The minimum absolute atomic E-state index is 0.148. The second-order valence-corrected chi connectivity index (χ2v) is 5.93. The predicted octanol–water partition coefficient (Wildman–Crippen LogP) is 4.22. The third kappa shape index (κ3) is 2.98. The largest absolute Gasteiger partial charge is 0.239 e. The summed E-state index contributed by atoms with van der Waals surface area (Å²) in [5, 5.41) is 12.3. The van der Waals surface area contributed by atoms with Crippen LogP contribution in [0, 0.1) is 18.3 Å². The lowest BCUT2D eigenvalue weighted by Gasteiger charge is -2.06. The molecule has 0 amide bonds. The van der Waals surface area contributed by atoms with Crippen molar-refractivity contribution in [1.82, 2.24) is 15.0 Å². The Morgan fingerprint density at radius 2 is 1.95 bits per heavy atom. The van der Waals surface area contributed by atoms with Gasteiger partial charge in [-0.3, -0.25) is 0 Å². The van der Waals surface area contributed by atoms with E-state index in [-0.39, 0.29) is 5.28 Å². The highest BCUT2D eigenvalue weighted by Crippen LogP contribution is 2.30. The number of aryl methyl sites for hydroxylation is 1. The van der Waals surface area contributed by atoms with Crippen LogP contribution in [0.15, 0.2) is 41.8 Å². The molecule has 1 unspecified atom stereocenters. The molecule has 0 bridgehead atoms. The first-order chi connectivity index (χ1) is 10.7. The van der Waals surface area contributed by atoms with E-state index in [0.717, 1.165) is 17.0 Å². The number of rotatable bonds is 3. The zero-order chi connectivity index (χ0) is 15.5. The first-order valence-corrected chi connectivity index (χ1v) is 7.84. The van der Waals surface area contributed by atoms with Crippen molar-refractivity contribution in [1.29, 1.82) is 5.26 Å². The molecule has 3 rings (SSSR count). The Labute approximate surface area is 137 Å². The standard InChI is InChI=1S/C16H11ClN4S/c1-10-7-13(21-16(17)19-10)12(8-18)15-20-14(9-22-15)11-5-3-2-4-6-11/h2-7,9,12H,1H3. The maximum absolute atomic E-state index is 9.51. The van der Waals surface area contributed by atoms with Crippen LogP contribution in [-0.2, 0) is 0 Å². The van der Waals surface area contributed by atoms with E-state index in [4.69, 9.17) is 11.6 Å². The summed E-state index contributed by atoms with van der Waals surface area (Å²) in [6.45, 7) is 1.82. The molecule has 0 aliphatic heterocycles. The summed E-state index contributed by atoms with van der Waals surface area (Å²) in [5.41, 5.74) is 3.19. The summed E-state index contributed by atoms with van der Waals surface area (Å²) >= 11 is 7.34. The molecule has 6 heteroatoms. The summed E-state index contributed by atoms with van der Waals surface area (Å²) in [7, 11) is 0. The van der Waals surface area contributed by atoms with E-state index in [1.165, 1.54) is 11.3 Å². The molecule has 1 atom stereocenters. The van der Waals surface area contributed by atoms with Crippen molar-refractivity contribution in [3.05, 3.63) is 63.5 Å². The van der Waals surface area contributed by atoms with Crippen LogP contribution >= 0.6 is 22.9 Å². The SMILES string of the molecule is Cc1cc(C(C#N)c2nc(-c3ccccc3)cs2)nc(Cl)n1. The van der Waals surface area contributed by atoms with E-state index in [1.54, 1.807) is 6.07 Å². The molecule has 0 N–H and O–H groups in total. The zero-order valence-corrected chi connectivity index (χ0v) is 13.3. The predicted molar refractivity (Wildman–Crippen MR) is 86.8 cm³/mol. The second-order valence-electron chi connectivity index (χ2n) is 4.70. The van der Waals surface area contributed by atoms with Crippen molar-refractivity contribution in [3.8, 4) is 17.3 Å². The maximum Gasteiger partial charge on any atom is 0.222 e. The number of aromatic nitrogens is 3. The molecule has 0 aliphatic carbocycles. The second kappa shape index (κ2) is 6.22. The van der Waals surface area contributed by atoms with Gasteiger partial charge in [0.25, 0.3) is 0 Å². The monoisotopic (exact) mass is 326 g/mol. The lowest BCUT2D eigenvalue weighted by atomic mass is 10.1. The smallest absolute Gasteiger partial charge is 0.222 e. The average Bonchev–Trinajstić information content (AvgIpc) is 2.98. The van der Waals surface area contributed by atoms with Gasteiger partial charge in [0.15, 0.2) is 0 Å². The molecule has 4 nitrogen and oxygen atoms in total. The Hall–Kier alpha value is -2.29. The zero-order valence-electron chi connectivity index (χ0n) is 11.7. The van der Waals surface area contributed by atoms with Crippen LogP contribution in [0.2, 0.25) is 5.28 Å². The van der Waals surface area contributed by atoms with E-state index < -0.39 is 5.92 Å². The van der Waals surface area contributed by atoms with Crippen molar-refractivity contribution in [2.24, 2.45) is 0 Å². The number of hydrogen-bond acceptors (Lipinski definition) is 5. The van der Waals surface area contributed by atoms with Crippen LogP contribution in [0.25, 0.3) is 11.3 Å². The normalized spacial score (nSPS) is 11.9. The number of halogens is 1. The van der Waals surface area contributed by atoms with E-state index >= 15 is 0 Å². The van der Waals surface area contributed by atoms with Crippen molar-refractivity contribution >= 4 is 22.9 Å². The highest BCUT2D eigenvalue weighted by molar-refractivity contribution is 7.10. The molecular weight excluding hydrogens is 316 g/mol. The molecule has 1 aromatic carbocycles. The number of hydrogen-bond donors (Lipinski definition) is 0. The lowest BCUT2D eigenvalue weighted by molar-refractivity contribution is 0.919. The van der Waals surface area contributed by atoms with E-state index in [2.05, 4.69) is 21.0 Å². The van der Waals surface area contributed by atoms with Gasteiger partial charge < -0.3 is 0 Å². The minimum atomic E-state index is -0.540. The van der Waals surface area contributed by atoms with Gasteiger partial charge in [-0.2, -0.15) is 5.26 Å². The van der Waals surface area contributed by atoms with Gasteiger partial charge in [0.05, 0.1) is 17.5 Å². The molecule has 108 valence electrons. The summed E-state index contributed by atoms with van der Waals surface area (Å²) in [6, 6.07) is 13.9. The molecule has 3 aromatic rings. The molecule has 0 fully saturated rings. The highest BCUT2D eigenvalue weighted by Gasteiger charge is 2.20. The molecule has 0 saturated heterocycles. The van der Waals surface area contributed by atoms with Gasteiger partial charge >= 0.3 is 0 Å². The first-order valence-electron chi connectivity index (χ1n) is 6.59. The van der Waals surface area contributed by atoms with Crippen molar-refractivity contribution in [2.75, 3.05) is 0 Å².